The molecule has 138 valence electrons. The second-order valence-electron chi connectivity index (χ2n) is 9.74. The number of carbonyl (C=O) groups excluding carboxylic acids is 1. The minimum atomic E-state index is -0.503. The highest BCUT2D eigenvalue weighted by molar-refractivity contribution is 5.70. The molecule has 0 saturated heterocycles. The van der Waals surface area contributed by atoms with Crippen LogP contribution in [0.3, 0.4) is 0 Å². The summed E-state index contributed by atoms with van der Waals surface area (Å²) in [5, 5.41) is 0. The third-order valence-corrected chi connectivity index (χ3v) is 4.11. The monoisotopic (exact) mass is 328 g/mol. The summed E-state index contributed by atoms with van der Waals surface area (Å²) in [5.41, 5.74) is 4.77. The highest BCUT2D eigenvalue weighted by Gasteiger charge is 2.44. The Kier molecular flexibility index (Phi) is 7.17. The molecule has 0 aliphatic heterocycles. The maximum absolute atomic E-state index is 13.0. The molecule has 0 aromatic rings. The molecular weight excluding hydrogens is 288 g/mol. The predicted molar refractivity (Wildman–Crippen MR) is 98.6 cm³/mol. The number of nitrogens with two attached hydrogens (primary N) is 1. The topological polar surface area (TPSA) is 55.6 Å². The van der Waals surface area contributed by atoms with Crippen molar-refractivity contribution >= 4 is 6.09 Å². The van der Waals surface area contributed by atoms with Crippen LogP contribution in [0.1, 0.15) is 88.5 Å². The van der Waals surface area contributed by atoms with E-state index in [9.17, 15) is 4.79 Å². The molecule has 23 heavy (non-hydrogen) atoms. The van der Waals surface area contributed by atoms with Crippen molar-refractivity contribution in [1.29, 1.82) is 0 Å². The van der Waals surface area contributed by atoms with Crippen LogP contribution in [-0.4, -0.2) is 34.2 Å². The van der Waals surface area contributed by atoms with E-state index >= 15 is 0 Å². The quantitative estimate of drug-likeness (QED) is 0.719. The number of rotatable bonds is 7. The van der Waals surface area contributed by atoms with Gasteiger partial charge in [-0.25, -0.2) is 4.79 Å². The molecule has 4 nitrogen and oxygen atoms in total. The van der Waals surface area contributed by atoms with Crippen molar-refractivity contribution in [3.05, 3.63) is 0 Å². The largest absolute Gasteiger partial charge is 0.444 e. The van der Waals surface area contributed by atoms with Gasteiger partial charge in [-0.3, -0.25) is 4.90 Å². The highest BCUT2D eigenvalue weighted by Crippen LogP contribution is 2.38. The third kappa shape index (κ3) is 7.11. The molecule has 0 saturated carbocycles. The van der Waals surface area contributed by atoms with Gasteiger partial charge in [-0.2, -0.15) is 0 Å². The van der Waals surface area contributed by atoms with Crippen LogP contribution in [0, 0.1) is 5.41 Å². The smallest absolute Gasteiger partial charge is 0.411 e. The Labute approximate surface area is 144 Å². The van der Waals surface area contributed by atoms with Crippen LogP contribution < -0.4 is 5.73 Å². The third-order valence-electron chi connectivity index (χ3n) is 4.11. The summed E-state index contributed by atoms with van der Waals surface area (Å²) >= 11 is 0. The maximum Gasteiger partial charge on any atom is 0.411 e. The van der Waals surface area contributed by atoms with E-state index in [1.165, 1.54) is 0 Å². The molecule has 0 fully saturated rings. The lowest BCUT2D eigenvalue weighted by molar-refractivity contribution is -0.0428. The van der Waals surface area contributed by atoms with Crippen molar-refractivity contribution in [2.45, 2.75) is 105 Å². The van der Waals surface area contributed by atoms with Crippen molar-refractivity contribution < 1.29 is 9.53 Å². The van der Waals surface area contributed by atoms with Gasteiger partial charge < -0.3 is 10.5 Å². The van der Waals surface area contributed by atoms with Crippen LogP contribution in [-0.2, 0) is 4.74 Å². The number of hydrogen-bond donors (Lipinski definition) is 1. The Morgan fingerprint density at radius 2 is 1.43 bits per heavy atom. The molecule has 0 aliphatic rings. The van der Waals surface area contributed by atoms with Crippen molar-refractivity contribution in [2.24, 2.45) is 11.1 Å². The van der Waals surface area contributed by atoms with E-state index in [1.54, 1.807) is 0 Å². The lowest BCUT2D eigenvalue weighted by Crippen LogP contribution is -2.60. The average molecular weight is 329 g/mol. The van der Waals surface area contributed by atoms with Gasteiger partial charge in [0.1, 0.15) is 5.60 Å². The molecule has 0 unspecified atom stereocenters. The van der Waals surface area contributed by atoms with Crippen molar-refractivity contribution in [1.82, 2.24) is 4.90 Å². The van der Waals surface area contributed by atoms with E-state index in [4.69, 9.17) is 10.5 Å². The zero-order valence-electron chi connectivity index (χ0n) is 17.2. The van der Waals surface area contributed by atoms with E-state index in [-0.39, 0.29) is 22.6 Å². The first kappa shape index (κ1) is 22.2. The van der Waals surface area contributed by atoms with Crippen LogP contribution in [0.25, 0.3) is 0 Å². The molecular formula is C19H40N2O2. The molecule has 0 atom stereocenters. The molecule has 0 bridgehead atoms. The summed E-state index contributed by atoms with van der Waals surface area (Å²) in [7, 11) is 0. The second-order valence-corrected chi connectivity index (χ2v) is 9.74. The van der Waals surface area contributed by atoms with Gasteiger partial charge in [0, 0.05) is 11.1 Å². The molecule has 0 spiro atoms. The Bertz CT molecular complexity index is 393. The number of carbonyl (C=O) groups is 1. The number of nitrogens with zero attached hydrogens (tertiary/aromatic N) is 1. The average Bonchev–Trinajstić information content (AvgIpc) is 2.23. The second kappa shape index (κ2) is 7.42. The Balaban J connectivity index is 5.71. The molecule has 0 radical (unpaired) electrons. The Morgan fingerprint density at radius 3 is 1.78 bits per heavy atom. The van der Waals surface area contributed by atoms with Gasteiger partial charge in [0.05, 0.1) is 0 Å². The normalized spacial score (nSPS) is 13.9. The molecule has 0 aromatic carbocycles. The van der Waals surface area contributed by atoms with Crippen LogP contribution >= 0.6 is 0 Å². The van der Waals surface area contributed by atoms with Crippen molar-refractivity contribution in [3.8, 4) is 0 Å². The summed E-state index contributed by atoms with van der Waals surface area (Å²) in [6.45, 7) is 21.2. The fraction of sp³-hybridized carbons (Fsp3) is 0.947. The molecule has 2 N–H and O–H groups in total. The molecule has 1 amide bonds. The molecule has 0 aromatic heterocycles. The Hall–Kier alpha value is -0.770. The number of amides is 1. The summed E-state index contributed by atoms with van der Waals surface area (Å²) in [6.07, 6.45) is 2.53. The molecule has 4 heteroatoms. The van der Waals surface area contributed by atoms with Gasteiger partial charge >= 0.3 is 6.09 Å². The lowest BCUT2D eigenvalue weighted by atomic mass is 9.77. The summed E-state index contributed by atoms with van der Waals surface area (Å²) in [6, 6.07) is 0. The first-order chi connectivity index (χ1) is 10.1. The van der Waals surface area contributed by atoms with E-state index in [0.717, 1.165) is 19.3 Å². The van der Waals surface area contributed by atoms with Gasteiger partial charge in [-0.05, 0) is 73.3 Å². The van der Waals surface area contributed by atoms with Gasteiger partial charge in [-0.15, -0.1) is 0 Å². The van der Waals surface area contributed by atoms with Gasteiger partial charge in [0.25, 0.3) is 0 Å². The summed E-state index contributed by atoms with van der Waals surface area (Å²) < 4.78 is 5.72. The maximum atomic E-state index is 13.0. The zero-order valence-corrected chi connectivity index (χ0v) is 17.2. The predicted octanol–water partition coefficient (Wildman–Crippen LogP) is 4.96. The van der Waals surface area contributed by atoms with Crippen molar-refractivity contribution in [3.63, 3.8) is 0 Å². The van der Waals surface area contributed by atoms with E-state index < -0.39 is 5.60 Å². The van der Waals surface area contributed by atoms with Crippen molar-refractivity contribution in [2.75, 3.05) is 6.54 Å². The highest BCUT2D eigenvalue weighted by atomic mass is 16.6. The Morgan fingerprint density at radius 1 is 0.957 bits per heavy atom. The SMILES string of the molecule is CCCC(C)(C)N(C(=O)OC(C)(C)C)C(C)(C)CC(C)(C)CN. The molecule has 0 aliphatic carbocycles. The fourth-order valence-electron chi connectivity index (χ4n) is 3.67. The standard InChI is InChI=1S/C19H40N2O2/c1-11-12-18(7,8)21(15(22)23-16(2,3)4)19(9,10)13-17(5,6)14-20/h11-14,20H2,1-10H3. The first-order valence-electron chi connectivity index (χ1n) is 8.81. The zero-order chi connectivity index (χ0) is 18.7. The van der Waals surface area contributed by atoms with Crippen LogP contribution in [0.5, 0.6) is 0 Å². The number of ether oxygens (including phenoxy) is 1. The van der Waals surface area contributed by atoms with Gasteiger partial charge in [0.2, 0.25) is 0 Å². The minimum Gasteiger partial charge on any atom is -0.444 e. The summed E-state index contributed by atoms with van der Waals surface area (Å²) in [5.74, 6) is 0. The first-order valence-corrected chi connectivity index (χ1v) is 8.81. The van der Waals surface area contributed by atoms with E-state index in [1.807, 2.05) is 25.7 Å². The molecule has 0 heterocycles. The van der Waals surface area contributed by atoms with Crippen LogP contribution in [0.15, 0.2) is 0 Å². The molecule has 0 rings (SSSR count). The van der Waals surface area contributed by atoms with Gasteiger partial charge in [0.15, 0.2) is 0 Å². The fourth-order valence-corrected chi connectivity index (χ4v) is 3.67. The lowest BCUT2D eigenvalue weighted by Gasteiger charge is -2.50. The van der Waals surface area contributed by atoms with E-state index in [2.05, 4.69) is 48.5 Å². The van der Waals surface area contributed by atoms with Crippen LogP contribution in [0.4, 0.5) is 4.79 Å². The van der Waals surface area contributed by atoms with Crippen LogP contribution in [0.2, 0.25) is 0 Å². The van der Waals surface area contributed by atoms with E-state index in [0.29, 0.717) is 6.54 Å². The number of hydrogen-bond acceptors (Lipinski definition) is 3. The van der Waals surface area contributed by atoms with Gasteiger partial charge in [-0.1, -0.05) is 27.2 Å². The summed E-state index contributed by atoms with van der Waals surface area (Å²) in [4.78, 5) is 14.9. The minimum absolute atomic E-state index is 0.0357.